The minimum atomic E-state index is -0.919. The Kier molecular flexibility index (Phi) is 5.38. The van der Waals surface area contributed by atoms with Gasteiger partial charge in [-0.15, -0.1) is 0 Å². The molecule has 0 saturated heterocycles. The molecule has 0 aliphatic heterocycles. The molecule has 0 saturated carbocycles. The van der Waals surface area contributed by atoms with Crippen molar-refractivity contribution in [1.82, 2.24) is 9.13 Å². The topological polar surface area (TPSA) is 99.4 Å². The van der Waals surface area contributed by atoms with E-state index in [1.807, 2.05) is 0 Å². The van der Waals surface area contributed by atoms with Gasteiger partial charge in [0.2, 0.25) is 0 Å². The normalized spacial score (nSPS) is 10.4. The molecule has 0 atom stereocenters. The quantitative estimate of drug-likeness (QED) is 0.799. The van der Waals surface area contributed by atoms with Gasteiger partial charge in [0.15, 0.2) is 6.61 Å². The summed E-state index contributed by atoms with van der Waals surface area (Å²) < 4.78 is 19.6. The number of esters is 1. The number of carbonyl (C=O) groups is 2. The van der Waals surface area contributed by atoms with Crippen molar-refractivity contribution in [2.75, 3.05) is 11.9 Å². The number of anilines is 1. The van der Waals surface area contributed by atoms with Crippen molar-refractivity contribution in [1.29, 1.82) is 0 Å². The third-order valence-corrected chi connectivity index (χ3v) is 3.59. The first-order valence-electron chi connectivity index (χ1n) is 6.90. The van der Waals surface area contributed by atoms with Crippen LogP contribution < -0.4 is 16.6 Å². The van der Waals surface area contributed by atoms with Crippen LogP contribution in [-0.2, 0) is 23.6 Å². The van der Waals surface area contributed by atoms with Gasteiger partial charge in [-0.05, 0) is 18.2 Å². The number of benzene rings is 1. The van der Waals surface area contributed by atoms with Crippen LogP contribution in [-0.4, -0.2) is 27.6 Å². The van der Waals surface area contributed by atoms with E-state index in [-0.39, 0.29) is 16.4 Å². The number of amides is 1. The zero-order chi connectivity index (χ0) is 18.7. The first-order valence-corrected chi connectivity index (χ1v) is 7.27. The Morgan fingerprint density at radius 1 is 1.20 bits per heavy atom. The van der Waals surface area contributed by atoms with E-state index in [9.17, 15) is 23.6 Å². The van der Waals surface area contributed by atoms with Crippen LogP contribution in [0, 0.1) is 5.82 Å². The van der Waals surface area contributed by atoms with Gasteiger partial charge in [-0.3, -0.25) is 18.7 Å². The van der Waals surface area contributed by atoms with E-state index in [4.69, 9.17) is 16.3 Å². The number of nitrogens with one attached hydrogen (secondary N) is 1. The van der Waals surface area contributed by atoms with Crippen LogP contribution in [0.4, 0.5) is 10.2 Å². The fourth-order valence-electron chi connectivity index (χ4n) is 1.90. The number of hydrogen-bond acceptors (Lipinski definition) is 5. The maximum Gasteiger partial charge on any atom is 0.340 e. The molecule has 1 N–H and O–H groups in total. The van der Waals surface area contributed by atoms with Crippen LogP contribution in [0.1, 0.15) is 10.4 Å². The van der Waals surface area contributed by atoms with Crippen molar-refractivity contribution >= 4 is 29.3 Å². The molecule has 1 amide bonds. The summed E-state index contributed by atoms with van der Waals surface area (Å²) in [6.07, 6.45) is 0. The molecule has 0 fully saturated rings. The lowest BCUT2D eigenvalue weighted by Crippen LogP contribution is -2.38. The van der Waals surface area contributed by atoms with Crippen LogP contribution in [0.25, 0.3) is 0 Å². The predicted molar refractivity (Wildman–Crippen MR) is 87.2 cm³/mol. The van der Waals surface area contributed by atoms with E-state index in [1.54, 1.807) is 0 Å². The molecule has 25 heavy (non-hydrogen) atoms. The number of hydrogen-bond donors (Lipinski definition) is 1. The molecular formula is C15H13ClFN3O5. The fraction of sp³-hybridized carbons (Fsp3) is 0.200. The van der Waals surface area contributed by atoms with Gasteiger partial charge in [-0.25, -0.2) is 14.0 Å². The van der Waals surface area contributed by atoms with E-state index >= 15 is 0 Å². The van der Waals surface area contributed by atoms with Crippen LogP contribution in [0.3, 0.4) is 0 Å². The maximum absolute atomic E-state index is 12.9. The predicted octanol–water partition coefficient (Wildman–Crippen LogP) is 0.672. The first kappa shape index (κ1) is 18.4. The average Bonchev–Trinajstić information content (AvgIpc) is 2.55. The molecular weight excluding hydrogens is 357 g/mol. The number of halogens is 2. The third kappa shape index (κ3) is 4.13. The van der Waals surface area contributed by atoms with Gasteiger partial charge in [0.1, 0.15) is 11.6 Å². The van der Waals surface area contributed by atoms with Crippen LogP contribution in [0.15, 0.2) is 33.9 Å². The molecule has 8 nitrogen and oxygen atoms in total. The van der Waals surface area contributed by atoms with Gasteiger partial charge < -0.3 is 10.1 Å². The average molecular weight is 370 g/mol. The van der Waals surface area contributed by atoms with Gasteiger partial charge in [0, 0.05) is 20.2 Å². The molecule has 2 rings (SSSR count). The molecule has 0 spiro atoms. The molecule has 0 aliphatic rings. The lowest BCUT2D eigenvalue weighted by Gasteiger charge is -2.11. The molecule has 1 heterocycles. The van der Waals surface area contributed by atoms with Gasteiger partial charge in [0.05, 0.1) is 10.6 Å². The van der Waals surface area contributed by atoms with Gasteiger partial charge in [-0.2, -0.15) is 0 Å². The summed E-state index contributed by atoms with van der Waals surface area (Å²) in [5.41, 5.74) is -1.33. The summed E-state index contributed by atoms with van der Waals surface area (Å²) >= 11 is 5.72. The van der Waals surface area contributed by atoms with Crippen LogP contribution in [0.5, 0.6) is 0 Å². The molecule has 132 valence electrons. The van der Waals surface area contributed by atoms with Crippen molar-refractivity contribution in [2.24, 2.45) is 14.1 Å². The lowest BCUT2D eigenvalue weighted by atomic mass is 10.2. The summed E-state index contributed by atoms with van der Waals surface area (Å²) in [5.74, 6) is -2.35. The zero-order valence-corrected chi connectivity index (χ0v) is 14.0. The van der Waals surface area contributed by atoms with Gasteiger partial charge in [-0.1, -0.05) is 11.6 Å². The number of ether oxygens (including phenoxy) is 1. The van der Waals surface area contributed by atoms with Crippen LogP contribution >= 0.6 is 11.6 Å². The number of nitrogens with zero attached hydrogens (tertiary/aromatic N) is 2. The first-order chi connectivity index (χ1) is 11.7. The molecule has 0 aliphatic carbocycles. The summed E-state index contributed by atoms with van der Waals surface area (Å²) in [7, 11) is 2.66. The van der Waals surface area contributed by atoms with E-state index in [1.165, 1.54) is 14.1 Å². The molecule has 1 aromatic carbocycles. The highest BCUT2D eigenvalue weighted by atomic mass is 35.5. The Bertz CT molecular complexity index is 967. The summed E-state index contributed by atoms with van der Waals surface area (Å²) in [6, 6.07) is 4.15. The monoisotopic (exact) mass is 369 g/mol. The Morgan fingerprint density at radius 3 is 2.52 bits per heavy atom. The highest BCUT2D eigenvalue weighted by Crippen LogP contribution is 2.18. The zero-order valence-electron chi connectivity index (χ0n) is 13.2. The molecule has 10 heteroatoms. The fourth-order valence-corrected chi connectivity index (χ4v) is 2.14. The van der Waals surface area contributed by atoms with Crippen molar-refractivity contribution in [3.8, 4) is 0 Å². The van der Waals surface area contributed by atoms with E-state index in [2.05, 4.69) is 5.32 Å². The van der Waals surface area contributed by atoms with Crippen LogP contribution in [0.2, 0.25) is 5.02 Å². The van der Waals surface area contributed by atoms with Gasteiger partial charge >= 0.3 is 11.7 Å². The highest BCUT2D eigenvalue weighted by Gasteiger charge is 2.15. The molecule has 0 radical (unpaired) electrons. The lowest BCUT2D eigenvalue weighted by molar-refractivity contribution is -0.119. The van der Waals surface area contributed by atoms with Crippen molar-refractivity contribution in [3.63, 3.8) is 0 Å². The van der Waals surface area contributed by atoms with E-state index < -0.39 is 35.5 Å². The number of aromatic nitrogens is 2. The smallest absolute Gasteiger partial charge is 0.340 e. The number of carbonyl (C=O) groups excluding carboxylic acids is 2. The summed E-state index contributed by atoms with van der Waals surface area (Å²) in [4.78, 5) is 47.0. The summed E-state index contributed by atoms with van der Waals surface area (Å²) in [6.45, 7) is -0.685. The molecule has 0 unspecified atom stereocenters. The molecule has 2 aromatic rings. The van der Waals surface area contributed by atoms with E-state index in [0.717, 1.165) is 33.4 Å². The second-order valence-electron chi connectivity index (χ2n) is 5.02. The second kappa shape index (κ2) is 7.31. The van der Waals surface area contributed by atoms with Crippen molar-refractivity contribution in [2.45, 2.75) is 0 Å². The maximum atomic E-state index is 12.9. The standard InChI is InChI=1S/C15H13ClFN3O5/c1-19-11(6-13(22)20(2)15(19)24)18-12(21)7-25-14(23)9-4-3-8(17)5-10(9)16/h3-6H,7H2,1-2H3,(H,18,21). The Labute approximate surface area is 145 Å². The SMILES string of the molecule is Cn1c(NC(=O)COC(=O)c2ccc(F)cc2Cl)cc(=O)n(C)c1=O. The van der Waals surface area contributed by atoms with Gasteiger partial charge in [0.25, 0.3) is 11.5 Å². The minimum Gasteiger partial charge on any atom is -0.452 e. The third-order valence-electron chi connectivity index (χ3n) is 3.28. The number of rotatable bonds is 4. The van der Waals surface area contributed by atoms with Crippen molar-refractivity contribution < 1.29 is 18.7 Å². The largest absolute Gasteiger partial charge is 0.452 e. The Hall–Kier alpha value is -2.94. The van der Waals surface area contributed by atoms with E-state index in [0.29, 0.717) is 0 Å². The van der Waals surface area contributed by atoms with Crippen molar-refractivity contribution in [3.05, 3.63) is 61.5 Å². The summed E-state index contributed by atoms with van der Waals surface area (Å²) in [5, 5.41) is 2.14. The molecule has 1 aromatic heterocycles. The Morgan fingerprint density at radius 2 is 1.88 bits per heavy atom. The minimum absolute atomic E-state index is 0.0473. The highest BCUT2D eigenvalue weighted by molar-refractivity contribution is 6.33. The molecule has 0 bridgehead atoms. The Balaban J connectivity index is 2.05. The second-order valence-corrected chi connectivity index (χ2v) is 5.42.